The molecule has 28 heavy (non-hydrogen) atoms. The van der Waals surface area contributed by atoms with Crippen LogP contribution in [0.2, 0.25) is 0 Å². The zero-order valence-corrected chi connectivity index (χ0v) is 18.0. The van der Waals surface area contributed by atoms with Crippen LogP contribution in [0.4, 0.5) is 4.79 Å². The molecule has 1 fully saturated rings. The Kier molecular flexibility index (Phi) is 6.80. The molecule has 3 rings (SSSR count). The van der Waals surface area contributed by atoms with Crippen molar-refractivity contribution in [2.24, 2.45) is 0 Å². The first-order valence-corrected chi connectivity index (χ1v) is 10.5. The van der Waals surface area contributed by atoms with Crippen LogP contribution < -0.4 is 9.47 Å². The molecule has 0 aliphatic carbocycles. The highest BCUT2D eigenvalue weighted by molar-refractivity contribution is 9.10. The minimum atomic E-state index is -0.287. The van der Waals surface area contributed by atoms with E-state index >= 15 is 0 Å². The third kappa shape index (κ3) is 4.77. The van der Waals surface area contributed by atoms with E-state index in [1.165, 1.54) is 4.90 Å². The van der Waals surface area contributed by atoms with Crippen LogP contribution in [0.5, 0.6) is 11.5 Å². The Balaban J connectivity index is 1.81. The summed E-state index contributed by atoms with van der Waals surface area (Å²) in [6.07, 6.45) is 1.71. The highest BCUT2D eigenvalue weighted by atomic mass is 79.9. The predicted molar refractivity (Wildman–Crippen MR) is 114 cm³/mol. The number of ether oxygens (including phenoxy) is 2. The van der Waals surface area contributed by atoms with Crippen molar-refractivity contribution in [1.82, 2.24) is 4.90 Å². The van der Waals surface area contributed by atoms with Crippen molar-refractivity contribution in [3.8, 4) is 11.5 Å². The smallest absolute Gasteiger partial charge is 0.293 e. The number of carbonyl (C=O) groups is 2. The van der Waals surface area contributed by atoms with Crippen molar-refractivity contribution in [3.63, 3.8) is 0 Å². The Morgan fingerprint density at radius 2 is 1.68 bits per heavy atom. The van der Waals surface area contributed by atoms with Crippen LogP contribution in [0.25, 0.3) is 6.08 Å². The molecular formula is C21H20BrNO4S. The molecule has 0 N–H and O–H groups in total. The molecule has 1 saturated heterocycles. The maximum Gasteiger partial charge on any atom is 0.293 e. The molecule has 5 nitrogen and oxygen atoms in total. The summed E-state index contributed by atoms with van der Waals surface area (Å²) < 4.78 is 12.1. The third-order valence-corrected chi connectivity index (χ3v) is 5.43. The molecule has 2 aromatic carbocycles. The van der Waals surface area contributed by atoms with Gasteiger partial charge in [0.1, 0.15) is 0 Å². The van der Waals surface area contributed by atoms with Crippen molar-refractivity contribution in [2.75, 3.05) is 13.2 Å². The van der Waals surface area contributed by atoms with Gasteiger partial charge in [-0.2, -0.15) is 0 Å². The minimum Gasteiger partial charge on any atom is -0.490 e. The van der Waals surface area contributed by atoms with E-state index in [0.29, 0.717) is 29.6 Å². The first kappa shape index (κ1) is 20.5. The lowest BCUT2D eigenvalue weighted by Gasteiger charge is -2.12. The van der Waals surface area contributed by atoms with Gasteiger partial charge >= 0.3 is 0 Å². The molecule has 0 bridgehead atoms. The molecule has 2 amide bonds. The predicted octanol–water partition coefficient (Wildman–Crippen LogP) is 5.48. The van der Waals surface area contributed by atoms with Gasteiger partial charge in [-0.05, 0) is 67.1 Å². The van der Waals surface area contributed by atoms with Gasteiger partial charge in [0.05, 0.1) is 24.7 Å². The number of amides is 2. The average molecular weight is 462 g/mol. The molecule has 146 valence electrons. The quantitative estimate of drug-likeness (QED) is 0.510. The summed E-state index contributed by atoms with van der Waals surface area (Å²) in [6.45, 7) is 5.10. The zero-order valence-electron chi connectivity index (χ0n) is 15.6. The largest absolute Gasteiger partial charge is 0.490 e. The molecule has 0 spiro atoms. The van der Waals surface area contributed by atoms with Crippen LogP contribution in [0.15, 0.2) is 51.8 Å². The number of benzene rings is 2. The van der Waals surface area contributed by atoms with Gasteiger partial charge in [-0.3, -0.25) is 14.5 Å². The lowest BCUT2D eigenvalue weighted by molar-refractivity contribution is -0.123. The van der Waals surface area contributed by atoms with Gasteiger partial charge in [-0.1, -0.05) is 34.1 Å². The SMILES string of the molecule is CCOc1ccc(/C=C2\SC(=O)N(Cc3ccc(Br)cc3)C2=O)cc1OCC. The molecule has 0 saturated carbocycles. The van der Waals surface area contributed by atoms with Crippen molar-refractivity contribution < 1.29 is 19.1 Å². The van der Waals surface area contributed by atoms with Gasteiger partial charge in [0.25, 0.3) is 11.1 Å². The van der Waals surface area contributed by atoms with E-state index in [2.05, 4.69) is 15.9 Å². The van der Waals surface area contributed by atoms with E-state index in [9.17, 15) is 9.59 Å². The number of rotatable bonds is 7. The average Bonchev–Trinajstić information content (AvgIpc) is 2.93. The highest BCUT2D eigenvalue weighted by Crippen LogP contribution is 2.35. The molecular weight excluding hydrogens is 442 g/mol. The lowest BCUT2D eigenvalue weighted by Crippen LogP contribution is -2.27. The Labute approximate surface area is 176 Å². The van der Waals surface area contributed by atoms with E-state index < -0.39 is 0 Å². The zero-order chi connectivity index (χ0) is 20.1. The Morgan fingerprint density at radius 3 is 2.36 bits per heavy atom. The lowest BCUT2D eigenvalue weighted by atomic mass is 10.1. The topological polar surface area (TPSA) is 55.8 Å². The number of carbonyl (C=O) groups excluding carboxylic acids is 2. The van der Waals surface area contributed by atoms with Gasteiger partial charge in [0.15, 0.2) is 11.5 Å². The van der Waals surface area contributed by atoms with Gasteiger partial charge in [-0.25, -0.2) is 0 Å². The second-order valence-electron chi connectivity index (χ2n) is 5.97. The van der Waals surface area contributed by atoms with Gasteiger partial charge in [0.2, 0.25) is 0 Å². The number of nitrogens with zero attached hydrogens (tertiary/aromatic N) is 1. The fourth-order valence-corrected chi connectivity index (χ4v) is 3.82. The van der Waals surface area contributed by atoms with Gasteiger partial charge < -0.3 is 9.47 Å². The minimum absolute atomic E-state index is 0.253. The summed E-state index contributed by atoms with van der Waals surface area (Å²) in [5.41, 5.74) is 1.67. The van der Waals surface area contributed by atoms with Crippen LogP contribution >= 0.6 is 27.7 Å². The standard InChI is InChI=1S/C21H20BrNO4S/c1-3-26-17-10-7-15(11-18(17)27-4-2)12-19-20(24)23(21(25)28-19)13-14-5-8-16(22)9-6-14/h5-12H,3-4,13H2,1-2H3/b19-12-. The first-order chi connectivity index (χ1) is 13.5. The van der Waals surface area contributed by atoms with E-state index in [-0.39, 0.29) is 17.7 Å². The normalized spacial score (nSPS) is 15.4. The molecule has 0 aromatic heterocycles. The van der Waals surface area contributed by atoms with Gasteiger partial charge in [-0.15, -0.1) is 0 Å². The van der Waals surface area contributed by atoms with Crippen molar-refractivity contribution in [1.29, 1.82) is 0 Å². The molecule has 0 atom stereocenters. The number of hydrogen-bond acceptors (Lipinski definition) is 5. The fraction of sp³-hybridized carbons (Fsp3) is 0.238. The van der Waals surface area contributed by atoms with E-state index in [4.69, 9.17) is 9.47 Å². The Bertz CT molecular complexity index is 911. The molecule has 1 aliphatic heterocycles. The van der Waals surface area contributed by atoms with E-state index in [0.717, 1.165) is 27.4 Å². The van der Waals surface area contributed by atoms with Crippen LogP contribution in [-0.4, -0.2) is 29.3 Å². The molecule has 0 radical (unpaired) electrons. The van der Waals surface area contributed by atoms with Crippen LogP contribution in [0.3, 0.4) is 0 Å². The summed E-state index contributed by atoms with van der Waals surface area (Å²) >= 11 is 4.33. The highest BCUT2D eigenvalue weighted by Gasteiger charge is 2.35. The maximum atomic E-state index is 12.7. The maximum absolute atomic E-state index is 12.7. The van der Waals surface area contributed by atoms with Crippen LogP contribution in [0, 0.1) is 0 Å². The molecule has 0 unspecified atom stereocenters. The molecule has 2 aromatic rings. The second-order valence-corrected chi connectivity index (χ2v) is 7.88. The molecule has 7 heteroatoms. The third-order valence-electron chi connectivity index (χ3n) is 3.99. The second kappa shape index (κ2) is 9.30. The van der Waals surface area contributed by atoms with Crippen molar-refractivity contribution in [2.45, 2.75) is 20.4 Å². The van der Waals surface area contributed by atoms with Gasteiger partial charge in [0, 0.05) is 4.47 Å². The van der Waals surface area contributed by atoms with Crippen molar-refractivity contribution >= 4 is 44.9 Å². The van der Waals surface area contributed by atoms with E-state index in [1.54, 1.807) is 6.08 Å². The van der Waals surface area contributed by atoms with E-state index in [1.807, 2.05) is 56.3 Å². The monoisotopic (exact) mass is 461 g/mol. The van der Waals surface area contributed by atoms with Crippen molar-refractivity contribution in [3.05, 3.63) is 63.0 Å². The first-order valence-electron chi connectivity index (χ1n) is 8.91. The molecule has 1 aliphatic rings. The Morgan fingerprint density at radius 1 is 1.00 bits per heavy atom. The number of halogens is 1. The fourth-order valence-electron chi connectivity index (χ4n) is 2.72. The summed E-state index contributed by atoms with van der Waals surface area (Å²) in [5, 5.41) is -0.268. The molecule has 1 heterocycles. The Hall–Kier alpha value is -2.25. The number of imide groups is 1. The number of thioether (sulfide) groups is 1. The summed E-state index contributed by atoms with van der Waals surface area (Å²) in [6, 6.07) is 13.0. The summed E-state index contributed by atoms with van der Waals surface area (Å²) in [5.74, 6) is 0.988. The van der Waals surface area contributed by atoms with Crippen LogP contribution in [-0.2, 0) is 11.3 Å². The number of hydrogen-bond donors (Lipinski definition) is 0. The summed E-state index contributed by atoms with van der Waals surface area (Å²) in [4.78, 5) is 26.7. The summed E-state index contributed by atoms with van der Waals surface area (Å²) in [7, 11) is 0. The van der Waals surface area contributed by atoms with Crippen LogP contribution in [0.1, 0.15) is 25.0 Å².